The maximum atomic E-state index is 11.5. The molecule has 0 spiro atoms. The standard InChI is InChI=1S/C14H14N2O3/c1-16-10-11(7-8-13(16)17)9-15-14(18)19-12-5-3-2-4-6-12/h2-8,10H,9H2,1H3,(H,15,18). The number of para-hydroxylation sites is 1. The van der Waals surface area contributed by atoms with Gasteiger partial charge >= 0.3 is 6.09 Å². The van der Waals surface area contributed by atoms with Crippen LogP contribution in [0.3, 0.4) is 0 Å². The van der Waals surface area contributed by atoms with Crippen molar-refractivity contribution in [1.82, 2.24) is 9.88 Å². The van der Waals surface area contributed by atoms with Gasteiger partial charge in [-0.3, -0.25) is 4.79 Å². The number of aryl methyl sites for hydroxylation is 1. The molecule has 1 aromatic heterocycles. The highest BCUT2D eigenvalue weighted by Crippen LogP contribution is 2.08. The Balaban J connectivity index is 1.90. The number of pyridine rings is 1. The summed E-state index contributed by atoms with van der Waals surface area (Å²) in [6, 6.07) is 11.9. The van der Waals surface area contributed by atoms with Gasteiger partial charge in [-0.05, 0) is 17.7 Å². The minimum atomic E-state index is -0.528. The lowest BCUT2D eigenvalue weighted by atomic mass is 10.3. The summed E-state index contributed by atoms with van der Waals surface area (Å²) in [5.74, 6) is 0.487. The summed E-state index contributed by atoms with van der Waals surface area (Å²) in [7, 11) is 1.66. The van der Waals surface area contributed by atoms with Crippen molar-refractivity contribution in [2.24, 2.45) is 7.05 Å². The maximum absolute atomic E-state index is 11.5. The largest absolute Gasteiger partial charge is 0.412 e. The summed E-state index contributed by atoms with van der Waals surface area (Å²) in [5, 5.41) is 2.62. The van der Waals surface area contributed by atoms with Crippen LogP contribution in [0.15, 0.2) is 53.5 Å². The molecule has 2 rings (SSSR count). The molecule has 0 aliphatic carbocycles. The van der Waals surface area contributed by atoms with Crippen molar-refractivity contribution >= 4 is 6.09 Å². The fourth-order valence-corrected chi connectivity index (χ4v) is 1.56. The zero-order chi connectivity index (χ0) is 13.7. The van der Waals surface area contributed by atoms with Crippen LogP contribution in [0.25, 0.3) is 0 Å². The lowest BCUT2D eigenvalue weighted by Crippen LogP contribution is -2.27. The molecule has 0 atom stereocenters. The number of rotatable bonds is 3. The van der Waals surface area contributed by atoms with E-state index in [1.165, 1.54) is 10.6 Å². The summed E-state index contributed by atoms with van der Waals surface area (Å²) >= 11 is 0. The number of hydrogen-bond acceptors (Lipinski definition) is 3. The van der Waals surface area contributed by atoms with Gasteiger partial charge in [0, 0.05) is 25.9 Å². The summed E-state index contributed by atoms with van der Waals surface area (Å²) in [6.45, 7) is 0.305. The fourth-order valence-electron chi connectivity index (χ4n) is 1.56. The number of aromatic nitrogens is 1. The number of benzene rings is 1. The monoisotopic (exact) mass is 258 g/mol. The van der Waals surface area contributed by atoms with Crippen molar-refractivity contribution in [3.8, 4) is 5.75 Å². The van der Waals surface area contributed by atoms with Gasteiger partial charge in [0.05, 0.1) is 0 Å². The Morgan fingerprint density at radius 1 is 1.21 bits per heavy atom. The number of ether oxygens (including phenoxy) is 1. The second kappa shape index (κ2) is 5.86. The Kier molecular flexibility index (Phi) is 3.97. The Bertz CT molecular complexity index is 620. The smallest absolute Gasteiger partial charge is 0.410 e. The normalized spacial score (nSPS) is 9.95. The highest BCUT2D eigenvalue weighted by atomic mass is 16.5. The Morgan fingerprint density at radius 3 is 2.63 bits per heavy atom. The third kappa shape index (κ3) is 3.70. The number of nitrogens with one attached hydrogen (secondary N) is 1. The molecule has 1 heterocycles. The molecule has 1 amide bonds. The highest BCUT2D eigenvalue weighted by Gasteiger charge is 2.03. The van der Waals surface area contributed by atoms with E-state index in [0.29, 0.717) is 12.3 Å². The van der Waals surface area contributed by atoms with Gasteiger partial charge in [0.25, 0.3) is 0 Å². The van der Waals surface area contributed by atoms with Gasteiger partial charge in [-0.25, -0.2) is 4.79 Å². The minimum absolute atomic E-state index is 0.0874. The quantitative estimate of drug-likeness (QED) is 0.911. The first-order chi connectivity index (χ1) is 9.15. The van der Waals surface area contributed by atoms with Gasteiger partial charge in [-0.1, -0.05) is 24.3 Å². The van der Waals surface area contributed by atoms with Crippen LogP contribution < -0.4 is 15.6 Å². The molecule has 0 unspecified atom stereocenters. The first-order valence-electron chi connectivity index (χ1n) is 5.81. The van der Waals surface area contributed by atoms with Crippen LogP contribution in [0.1, 0.15) is 5.56 Å². The fraction of sp³-hybridized carbons (Fsp3) is 0.143. The van der Waals surface area contributed by atoms with Crippen molar-refractivity contribution in [3.05, 3.63) is 64.6 Å². The molecule has 5 nitrogen and oxygen atoms in total. The average molecular weight is 258 g/mol. The molecule has 0 saturated carbocycles. The molecule has 0 saturated heterocycles. The van der Waals surface area contributed by atoms with Crippen LogP contribution in [-0.4, -0.2) is 10.7 Å². The van der Waals surface area contributed by atoms with Gasteiger partial charge in [-0.15, -0.1) is 0 Å². The number of amides is 1. The van der Waals surface area contributed by atoms with Crippen LogP contribution in [0.5, 0.6) is 5.75 Å². The van der Waals surface area contributed by atoms with E-state index in [1.54, 1.807) is 43.6 Å². The summed E-state index contributed by atoms with van der Waals surface area (Å²) in [5.41, 5.74) is 0.739. The van der Waals surface area contributed by atoms with Crippen LogP contribution in [-0.2, 0) is 13.6 Å². The molecule has 0 aliphatic rings. The molecule has 2 aromatic rings. The van der Waals surface area contributed by atoms with Crippen LogP contribution in [0.4, 0.5) is 4.79 Å². The number of nitrogens with zero attached hydrogens (tertiary/aromatic N) is 1. The van der Waals surface area contributed by atoms with E-state index in [-0.39, 0.29) is 5.56 Å². The first kappa shape index (κ1) is 12.9. The molecule has 0 bridgehead atoms. The predicted molar refractivity (Wildman–Crippen MR) is 71.0 cm³/mol. The van der Waals surface area contributed by atoms with Crippen LogP contribution >= 0.6 is 0 Å². The Morgan fingerprint density at radius 2 is 1.95 bits per heavy atom. The lowest BCUT2D eigenvalue weighted by Gasteiger charge is -2.07. The van der Waals surface area contributed by atoms with E-state index in [4.69, 9.17) is 4.74 Å². The van der Waals surface area contributed by atoms with E-state index in [2.05, 4.69) is 5.32 Å². The molecule has 1 N–H and O–H groups in total. The molecule has 98 valence electrons. The second-order valence-electron chi connectivity index (χ2n) is 4.04. The van der Waals surface area contributed by atoms with Gasteiger partial charge in [0.2, 0.25) is 5.56 Å². The van der Waals surface area contributed by atoms with Crippen molar-refractivity contribution in [1.29, 1.82) is 0 Å². The highest BCUT2D eigenvalue weighted by molar-refractivity contribution is 5.70. The SMILES string of the molecule is Cn1cc(CNC(=O)Oc2ccccc2)ccc1=O. The van der Waals surface area contributed by atoms with E-state index < -0.39 is 6.09 Å². The minimum Gasteiger partial charge on any atom is -0.410 e. The lowest BCUT2D eigenvalue weighted by molar-refractivity contribution is 0.200. The number of carbonyl (C=O) groups is 1. The van der Waals surface area contributed by atoms with Crippen molar-refractivity contribution < 1.29 is 9.53 Å². The second-order valence-corrected chi connectivity index (χ2v) is 4.04. The molecule has 1 aromatic carbocycles. The topological polar surface area (TPSA) is 60.3 Å². The van der Waals surface area contributed by atoms with Crippen molar-refractivity contribution in [2.75, 3.05) is 0 Å². The van der Waals surface area contributed by atoms with Gasteiger partial charge < -0.3 is 14.6 Å². The van der Waals surface area contributed by atoms with E-state index in [1.807, 2.05) is 6.07 Å². The maximum Gasteiger partial charge on any atom is 0.412 e. The predicted octanol–water partition coefficient (Wildman–Crippen LogP) is 1.67. The molecular weight excluding hydrogens is 244 g/mol. The summed E-state index contributed by atoms with van der Waals surface area (Å²) < 4.78 is 6.53. The van der Waals surface area contributed by atoms with Crippen molar-refractivity contribution in [2.45, 2.75) is 6.54 Å². The number of carbonyl (C=O) groups excluding carboxylic acids is 1. The van der Waals surface area contributed by atoms with Crippen molar-refractivity contribution in [3.63, 3.8) is 0 Å². The molecule has 0 fully saturated rings. The number of hydrogen-bond donors (Lipinski definition) is 1. The molecule has 0 radical (unpaired) electrons. The molecular formula is C14H14N2O3. The van der Waals surface area contributed by atoms with Gasteiger partial charge in [0.1, 0.15) is 5.75 Å². The molecule has 5 heteroatoms. The zero-order valence-corrected chi connectivity index (χ0v) is 10.5. The van der Waals surface area contributed by atoms with E-state index >= 15 is 0 Å². The van der Waals surface area contributed by atoms with Gasteiger partial charge in [0.15, 0.2) is 0 Å². The van der Waals surface area contributed by atoms with Gasteiger partial charge in [-0.2, -0.15) is 0 Å². The third-order valence-corrected chi connectivity index (χ3v) is 2.54. The third-order valence-electron chi connectivity index (χ3n) is 2.54. The van der Waals surface area contributed by atoms with Crippen LogP contribution in [0.2, 0.25) is 0 Å². The Hall–Kier alpha value is -2.56. The zero-order valence-electron chi connectivity index (χ0n) is 10.5. The van der Waals surface area contributed by atoms with E-state index in [0.717, 1.165) is 5.56 Å². The summed E-state index contributed by atoms with van der Waals surface area (Å²) in [4.78, 5) is 22.7. The summed E-state index contributed by atoms with van der Waals surface area (Å²) in [6.07, 6.45) is 1.14. The molecule has 19 heavy (non-hydrogen) atoms. The van der Waals surface area contributed by atoms with Crippen LogP contribution in [0, 0.1) is 0 Å². The van der Waals surface area contributed by atoms with E-state index in [9.17, 15) is 9.59 Å². The molecule has 0 aliphatic heterocycles. The average Bonchev–Trinajstić information content (AvgIpc) is 2.41. The Labute approximate surface area is 110 Å². The first-order valence-corrected chi connectivity index (χ1v) is 5.81.